The summed E-state index contributed by atoms with van der Waals surface area (Å²) in [7, 11) is 0. The molecule has 1 aliphatic heterocycles. The smallest absolute Gasteiger partial charge is 0.231 e. The van der Waals surface area contributed by atoms with Gasteiger partial charge in [-0.05, 0) is 32.4 Å². The molecule has 8 heteroatoms. The highest BCUT2D eigenvalue weighted by atomic mass is 16.1. The van der Waals surface area contributed by atoms with Gasteiger partial charge in [-0.2, -0.15) is 0 Å². The molecular formula is C15H19N7O. The van der Waals surface area contributed by atoms with Gasteiger partial charge >= 0.3 is 0 Å². The molecule has 1 atom stereocenters. The van der Waals surface area contributed by atoms with Gasteiger partial charge in [0.2, 0.25) is 11.9 Å². The van der Waals surface area contributed by atoms with Gasteiger partial charge in [-0.25, -0.2) is 19.9 Å². The molecule has 1 amide bonds. The van der Waals surface area contributed by atoms with E-state index in [9.17, 15) is 4.79 Å². The van der Waals surface area contributed by atoms with E-state index in [-0.39, 0.29) is 18.5 Å². The number of hydrogen-bond donors (Lipinski definition) is 2. The lowest BCUT2D eigenvalue weighted by atomic mass is 10.1. The van der Waals surface area contributed by atoms with Crippen molar-refractivity contribution in [3.63, 3.8) is 0 Å². The Morgan fingerprint density at radius 2 is 2.17 bits per heavy atom. The second-order valence-corrected chi connectivity index (χ2v) is 5.52. The number of primary amides is 1. The van der Waals surface area contributed by atoms with Gasteiger partial charge in [-0.15, -0.1) is 0 Å². The number of carbonyl (C=O) groups excluding carboxylic acids is 1. The minimum Gasteiger partial charge on any atom is -0.369 e. The van der Waals surface area contributed by atoms with Gasteiger partial charge in [0.05, 0.1) is 18.3 Å². The summed E-state index contributed by atoms with van der Waals surface area (Å²) in [5, 5.41) is 3.08. The van der Waals surface area contributed by atoms with Crippen molar-refractivity contribution in [2.24, 2.45) is 5.73 Å². The van der Waals surface area contributed by atoms with Crippen molar-refractivity contribution in [2.75, 3.05) is 18.4 Å². The van der Waals surface area contributed by atoms with Gasteiger partial charge in [0.25, 0.3) is 0 Å². The Bertz CT molecular complexity index is 691. The Morgan fingerprint density at radius 1 is 1.39 bits per heavy atom. The molecule has 1 fully saturated rings. The van der Waals surface area contributed by atoms with Crippen LogP contribution < -0.4 is 11.1 Å². The number of carbonyl (C=O) groups is 1. The summed E-state index contributed by atoms with van der Waals surface area (Å²) in [5.74, 6) is 1.46. The predicted molar refractivity (Wildman–Crippen MR) is 84.8 cm³/mol. The Morgan fingerprint density at radius 3 is 2.91 bits per heavy atom. The van der Waals surface area contributed by atoms with E-state index in [0.29, 0.717) is 17.6 Å². The first-order valence-electron chi connectivity index (χ1n) is 7.54. The fraction of sp³-hybridized carbons (Fsp3) is 0.400. The number of aryl methyl sites for hydroxylation is 1. The molecule has 0 bridgehead atoms. The fourth-order valence-corrected chi connectivity index (χ4v) is 2.85. The molecule has 23 heavy (non-hydrogen) atoms. The standard InChI is InChI=1S/C15H19N7O/c1-10-19-11(12-4-2-7-22(12)9-13(16)23)8-14(20-10)21-15-17-5-3-6-18-15/h3,5-6,8,12H,2,4,7,9H2,1H3,(H2,16,23)(H,17,18,19,20,21). The molecule has 0 aromatic carbocycles. The molecule has 1 saturated heterocycles. The SMILES string of the molecule is Cc1nc(Nc2ncccn2)cc(C2CCCN2CC(N)=O)n1. The van der Waals surface area contributed by atoms with E-state index < -0.39 is 0 Å². The minimum absolute atomic E-state index is 0.0847. The summed E-state index contributed by atoms with van der Waals surface area (Å²) in [6.45, 7) is 2.94. The summed E-state index contributed by atoms with van der Waals surface area (Å²) < 4.78 is 0. The van der Waals surface area contributed by atoms with E-state index >= 15 is 0 Å². The number of nitrogens with two attached hydrogens (primary N) is 1. The average molecular weight is 313 g/mol. The first kappa shape index (κ1) is 15.3. The van der Waals surface area contributed by atoms with Crippen molar-refractivity contribution in [3.05, 3.63) is 36.0 Å². The van der Waals surface area contributed by atoms with Crippen molar-refractivity contribution < 1.29 is 4.79 Å². The van der Waals surface area contributed by atoms with Gasteiger partial charge in [-0.3, -0.25) is 9.69 Å². The number of amides is 1. The van der Waals surface area contributed by atoms with Crippen LogP contribution in [0.25, 0.3) is 0 Å². The maximum Gasteiger partial charge on any atom is 0.231 e. The van der Waals surface area contributed by atoms with Gasteiger partial charge < -0.3 is 11.1 Å². The van der Waals surface area contributed by atoms with E-state index in [4.69, 9.17) is 5.73 Å². The van der Waals surface area contributed by atoms with Crippen LogP contribution in [0.2, 0.25) is 0 Å². The highest BCUT2D eigenvalue weighted by Gasteiger charge is 2.28. The molecule has 1 unspecified atom stereocenters. The number of aromatic nitrogens is 4. The molecule has 2 aromatic rings. The van der Waals surface area contributed by atoms with E-state index in [1.165, 1.54) is 0 Å². The van der Waals surface area contributed by atoms with E-state index in [2.05, 4.69) is 30.2 Å². The summed E-state index contributed by atoms with van der Waals surface area (Å²) in [6.07, 6.45) is 5.29. The molecule has 120 valence electrons. The Hall–Kier alpha value is -2.61. The highest BCUT2D eigenvalue weighted by molar-refractivity contribution is 5.76. The third kappa shape index (κ3) is 3.78. The molecule has 8 nitrogen and oxygen atoms in total. The molecule has 0 aliphatic carbocycles. The number of rotatable bonds is 5. The van der Waals surface area contributed by atoms with Crippen molar-refractivity contribution in [1.82, 2.24) is 24.8 Å². The first-order chi connectivity index (χ1) is 11.1. The summed E-state index contributed by atoms with van der Waals surface area (Å²) in [5.41, 5.74) is 6.22. The van der Waals surface area contributed by atoms with Gasteiger partial charge in [0.1, 0.15) is 11.6 Å². The van der Waals surface area contributed by atoms with Crippen molar-refractivity contribution in [1.29, 1.82) is 0 Å². The van der Waals surface area contributed by atoms with Crippen LogP contribution in [0.5, 0.6) is 0 Å². The molecular weight excluding hydrogens is 294 g/mol. The quantitative estimate of drug-likeness (QED) is 0.845. The number of likely N-dealkylation sites (tertiary alicyclic amines) is 1. The number of nitrogens with zero attached hydrogens (tertiary/aromatic N) is 5. The van der Waals surface area contributed by atoms with E-state index in [1.807, 2.05) is 13.0 Å². The van der Waals surface area contributed by atoms with Gasteiger partial charge in [0, 0.05) is 18.5 Å². The van der Waals surface area contributed by atoms with Crippen LogP contribution in [0, 0.1) is 6.92 Å². The molecule has 3 rings (SSSR count). The molecule has 2 aromatic heterocycles. The van der Waals surface area contributed by atoms with Crippen LogP contribution >= 0.6 is 0 Å². The van der Waals surface area contributed by atoms with Crippen LogP contribution in [0.4, 0.5) is 11.8 Å². The zero-order valence-corrected chi connectivity index (χ0v) is 12.9. The summed E-state index contributed by atoms with van der Waals surface area (Å²) in [4.78, 5) is 30.5. The lowest BCUT2D eigenvalue weighted by molar-refractivity contribution is -0.119. The van der Waals surface area contributed by atoms with Crippen LogP contribution in [0.1, 0.15) is 30.4 Å². The Labute approximate surface area is 134 Å². The van der Waals surface area contributed by atoms with Gasteiger partial charge in [-0.1, -0.05) is 0 Å². The Kier molecular flexibility index (Phi) is 4.42. The topological polar surface area (TPSA) is 110 Å². The number of hydrogen-bond acceptors (Lipinski definition) is 7. The predicted octanol–water partition coefficient (Wildman–Crippen LogP) is 0.941. The lowest BCUT2D eigenvalue weighted by Crippen LogP contribution is -2.33. The summed E-state index contributed by atoms with van der Waals surface area (Å²) >= 11 is 0. The molecule has 0 spiro atoms. The second kappa shape index (κ2) is 6.66. The van der Waals surface area contributed by atoms with Crippen molar-refractivity contribution in [2.45, 2.75) is 25.8 Å². The first-order valence-corrected chi connectivity index (χ1v) is 7.54. The maximum atomic E-state index is 11.2. The average Bonchev–Trinajstić information content (AvgIpc) is 2.95. The van der Waals surface area contributed by atoms with Crippen LogP contribution in [0.3, 0.4) is 0 Å². The van der Waals surface area contributed by atoms with Crippen LogP contribution in [-0.4, -0.2) is 43.8 Å². The highest BCUT2D eigenvalue weighted by Crippen LogP contribution is 2.31. The summed E-state index contributed by atoms with van der Waals surface area (Å²) in [6, 6.07) is 3.72. The number of nitrogens with one attached hydrogen (secondary N) is 1. The third-order valence-electron chi connectivity index (χ3n) is 3.73. The maximum absolute atomic E-state index is 11.2. The molecule has 1 aliphatic rings. The molecule has 0 radical (unpaired) electrons. The fourth-order valence-electron chi connectivity index (χ4n) is 2.85. The normalized spacial score (nSPS) is 18.0. The van der Waals surface area contributed by atoms with Crippen LogP contribution in [0.15, 0.2) is 24.5 Å². The monoisotopic (exact) mass is 313 g/mol. The molecule has 3 N–H and O–H groups in total. The van der Waals surface area contributed by atoms with E-state index in [0.717, 1.165) is 25.1 Å². The zero-order chi connectivity index (χ0) is 16.2. The Balaban J connectivity index is 1.84. The zero-order valence-electron chi connectivity index (χ0n) is 12.9. The van der Waals surface area contributed by atoms with Crippen LogP contribution in [-0.2, 0) is 4.79 Å². The van der Waals surface area contributed by atoms with Crippen molar-refractivity contribution >= 4 is 17.7 Å². The minimum atomic E-state index is -0.321. The van der Waals surface area contributed by atoms with Gasteiger partial charge in [0.15, 0.2) is 0 Å². The lowest BCUT2D eigenvalue weighted by Gasteiger charge is -2.23. The van der Waals surface area contributed by atoms with E-state index in [1.54, 1.807) is 18.5 Å². The van der Waals surface area contributed by atoms with Crippen molar-refractivity contribution in [3.8, 4) is 0 Å². The molecule has 0 saturated carbocycles. The number of anilines is 2. The third-order valence-corrected chi connectivity index (χ3v) is 3.73. The largest absolute Gasteiger partial charge is 0.369 e. The second-order valence-electron chi connectivity index (χ2n) is 5.52. The molecule has 3 heterocycles.